The molecular weight excluding hydrogens is 400 g/mol. The van der Waals surface area contributed by atoms with Crippen LogP contribution in [0.1, 0.15) is 11.1 Å². The molecule has 6 nitrogen and oxygen atoms in total. The second-order valence-electron chi connectivity index (χ2n) is 6.02. The van der Waals surface area contributed by atoms with E-state index in [0.29, 0.717) is 10.7 Å². The molecule has 2 aromatic carbocycles. The van der Waals surface area contributed by atoms with Crippen LogP contribution in [0.5, 0.6) is 0 Å². The smallest absolute Gasteiger partial charge is 0.316 e. The predicted molar refractivity (Wildman–Crippen MR) is 113 cm³/mol. The number of benzene rings is 2. The van der Waals surface area contributed by atoms with Crippen LogP contribution in [-0.2, 0) is 19.1 Å². The first-order chi connectivity index (χ1) is 13.3. The van der Waals surface area contributed by atoms with Gasteiger partial charge in [0.15, 0.2) is 6.61 Å². The number of aryl methyl sites for hydroxylation is 2. The van der Waals surface area contributed by atoms with Crippen LogP contribution in [0.15, 0.2) is 42.5 Å². The van der Waals surface area contributed by atoms with E-state index in [2.05, 4.69) is 10.6 Å². The minimum absolute atomic E-state index is 0.0231. The highest BCUT2D eigenvalue weighted by Crippen LogP contribution is 2.19. The number of carbonyl (C=O) groups excluding carboxylic acids is 3. The van der Waals surface area contributed by atoms with Crippen LogP contribution in [-0.4, -0.2) is 35.9 Å². The maximum absolute atomic E-state index is 12.0. The number of halogens is 1. The highest BCUT2D eigenvalue weighted by Gasteiger charge is 2.11. The van der Waals surface area contributed by atoms with Crippen molar-refractivity contribution in [1.29, 1.82) is 0 Å². The van der Waals surface area contributed by atoms with Gasteiger partial charge in [-0.3, -0.25) is 14.4 Å². The highest BCUT2D eigenvalue weighted by molar-refractivity contribution is 8.00. The summed E-state index contributed by atoms with van der Waals surface area (Å²) in [6.45, 7) is 3.41. The van der Waals surface area contributed by atoms with Gasteiger partial charge in [0.2, 0.25) is 5.91 Å². The van der Waals surface area contributed by atoms with Crippen molar-refractivity contribution in [1.82, 2.24) is 0 Å². The lowest BCUT2D eigenvalue weighted by molar-refractivity contribution is -0.144. The van der Waals surface area contributed by atoms with Gasteiger partial charge in [0, 0.05) is 16.4 Å². The molecule has 2 amide bonds. The van der Waals surface area contributed by atoms with E-state index in [1.807, 2.05) is 32.0 Å². The van der Waals surface area contributed by atoms with E-state index in [0.717, 1.165) is 28.6 Å². The Morgan fingerprint density at radius 1 is 0.929 bits per heavy atom. The van der Waals surface area contributed by atoms with Crippen molar-refractivity contribution < 1.29 is 19.1 Å². The van der Waals surface area contributed by atoms with Crippen molar-refractivity contribution in [3.8, 4) is 0 Å². The number of amides is 2. The Morgan fingerprint density at radius 2 is 1.57 bits per heavy atom. The zero-order valence-electron chi connectivity index (χ0n) is 15.6. The number of hydrogen-bond donors (Lipinski definition) is 2. The minimum atomic E-state index is -0.555. The van der Waals surface area contributed by atoms with Crippen LogP contribution in [0, 0.1) is 13.8 Å². The first-order valence-corrected chi connectivity index (χ1v) is 10.0. The van der Waals surface area contributed by atoms with E-state index < -0.39 is 11.9 Å². The van der Waals surface area contributed by atoms with Crippen LogP contribution in [0.4, 0.5) is 11.4 Å². The number of anilines is 2. The second-order valence-corrected chi connectivity index (χ2v) is 7.45. The van der Waals surface area contributed by atoms with Gasteiger partial charge in [-0.05, 0) is 49.2 Å². The fraction of sp³-hybridized carbons (Fsp3) is 0.250. The third-order valence-electron chi connectivity index (χ3n) is 3.69. The zero-order chi connectivity index (χ0) is 20.5. The average molecular weight is 421 g/mol. The molecule has 8 heteroatoms. The number of para-hydroxylation sites is 1. The number of rotatable bonds is 8. The molecule has 0 aromatic heterocycles. The minimum Gasteiger partial charge on any atom is -0.455 e. The van der Waals surface area contributed by atoms with Gasteiger partial charge in [-0.25, -0.2) is 0 Å². The Bertz CT molecular complexity index is 836. The topological polar surface area (TPSA) is 84.5 Å². The number of hydrogen-bond acceptors (Lipinski definition) is 5. The van der Waals surface area contributed by atoms with Gasteiger partial charge in [0.05, 0.1) is 11.5 Å². The monoisotopic (exact) mass is 420 g/mol. The summed E-state index contributed by atoms with van der Waals surface area (Å²) in [5.74, 6) is -1.14. The summed E-state index contributed by atoms with van der Waals surface area (Å²) in [7, 11) is 0. The molecule has 0 bridgehead atoms. The van der Waals surface area contributed by atoms with Crippen molar-refractivity contribution in [2.24, 2.45) is 0 Å². The third-order valence-corrected chi connectivity index (χ3v) is 4.85. The standard InChI is InChI=1S/C20H21ClN2O4S/c1-13-4-3-5-14(2)20(13)23-17(24)10-27-19(26)12-28-11-18(25)22-16-8-6-15(21)7-9-16/h3-9H,10-12H2,1-2H3,(H,22,25)(H,23,24). The SMILES string of the molecule is Cc1cccc(C)c1NC(=O)COC(=O)CSCC(=O)Nc1ccc(Cl)cc1. The summed E-state index contributed by atoms with van der Waals surface area (Å²) in [6, 6.07) is 12.4. The highest BCUT2D eigenvalue weighted by atomic mass is 35.5. The number of nitrogens with one attached hydrogen (secondary N) is 2. The van der Waals surface area contributed by atoms with Crippen LogP contribution in [0.25, 0.3) is 0 Å². The third kappa shape index (κ3) is 7.25. The Balaban J connectivity index is 1.66. The van der Waals surface area contributed by atoms with Crippen molar-refractivity contribution in [2.45, 2.75) is 13.8 Å². The average Bonchev–Trinajstić information content (AvgIpc) is 2.65. The molecular formula is C20H21ClN2O4S. The molecule has 0 atom stereocenters. The lowest BCUT2D eigenvalue weighted by Crippen LogP contribution is -2.23. The van der Waals surface area contributed by atoms with Gasteiger partial charge in [-0.1, -0.05) is 29.8 Å². The Labute approximate surface area is 173 Å². The molecule has 0 fully saturated rings. The summed E-state index contributed by atoms with van der Waals surface area (Å²) in [5, 5.41) is 6.02. The maximum Gasteiger partial charge on any atom is 0.316 e. The summed E-state index contributed by atoms with van der Waals surface area (Å²) in [5.41, 5.74) is 3.21. The van der Waals surface area contributed by atoms with Gasteiger partial charge >= 0.3 is 5.97 Å². The molecule has 0 spiro atoms. The largest absolute Gasteiger partial charge is 0.455 e. The van der Waals surface area contributed by atoms with E-state index in [9.17, 15) is 14.4 Å². The predicted octanol–water partition coefficient (Wildman–Crippen LogP) is 3.81. The fourth-order valence-electron chi connectivity index (χ4n) is 2.33. The quantitative estimate of drug-likeness (QED) is 0.634. The summed E-state index contributed by atoms with van der Waals surface area (Å²) >= 11 is 6.89. The first-order valence-electron chi connectivity index (χ1n) is 8.50. The number of esters is 1. The molecule has 0 radical (unpaired) electrons. The van der Waals surface area contributed by atoms with Crippen molar-refractivity contribution in [3.63, 3.8) is 0 Å². The van der Waals surface area contributed by atoms with Crippen molar-refractivity contribution in [3.05, 3.63) is 58.6 Å². The molecule has 2 N–H and O–H groups in total. The van der Waals surface area contributed by atoms with Gasteiger partial charge < -0.3 is 15.4 Å². The molecule has 0 unspecified atom stereocenters. The van der Waals surface area contributed by atoms with E-state index in [4.69, 9.17) is 16.3 Å². The number of thioether (sulfide) groups is 1. The molecule has 0 aliphatic heterocycles. The van der Waals surface area contributed by atoms with Crippen LogP contribution >= 0.6 is 23.4 Å². The summed E-state index contributed by atoms with van der Waals surface area (Å²) in [4.78, 5) is 35.5. The number of carbonyl (C=O) groups is 3. The van der Waals surface area contributed by atoms with E-state index in [-0.39, 0.29) is 24.0 Å². The van der Waals surface area contributed by atoms with E-state index >= 15 is 0 Å². The Kier molecular flexibility index (Phi) is 8.35. The number of ether oxygens (including phenoxy) is 1. The molecule has 0 saturated heterocycles. The lowest BCUT2D eigenvalue weighted by atomic mass is 10.1. The van der Waals surface area contributed by atoms with Crippen LogP contribution in [0.3, 0.4) is 0 Å². The van der Waals surface area contributed by atoms with Crippen molar-refractivity contribution in [2.75, 3.05) is 28.7 Å². The molecule has 2 aromatic rings. The zero-order valence-corrected chi connectivity index (χ0v) is 17.2. The Hall–Kier alpha value is -2.51. The lowest BCUT2D eigenvalue weighted by Gasteiger charge is -2.11. The molecule has 0 aliphatic rings. The van der Waals surface area contributed by atoms with Gasteiger partial charge in [0.25, 0.3) is 5.91 Å². The Morgan fingerprint density at radius 3 is 2.21 bits per heavy atom. The van der Waals surface area contributed by atoms with Crippen LogP contribution < -0.4 is 10.6 Å². The van der Waals surface area contributed by atoms with E-state index in [1.165, 1.54) is 0 Å². The van der Waals surface area contributed by atoms with Gasteiger partial charge in [0.1, 0.15) is 0 Å². The van der Waals surface area contributed by atoms with Gasteiger partial charge in [-0.2, -0.15) is 0 Å². The van der Waals surface area contributed by atoms with E-state index in [1.54, 1.807) is 24.3 Å². The fourth-order valence-corrected chi connectivity index (χ4v) is 3.07. The molecule has 0 saturated carbocycles. The second kappa shape index (κ2) is 10.7. The van der Waals surface area contributed by atoms with Crippen molar-refractivity contribution >= 4 is 52.5 Å². The summed E-state index contributed by atoms with van der Waals surface area (Å²) < 4.78 is 4.95. The molecule has 0 heterocycles. The summed E-state index contributed by atoms with van der Waals surface area (Å²) in [6.07, 6.45) is 0. The maximum atomic E-state index is 12.0. The molecule has 148 valence electrons. The molecule has 2 rings (SSSR count). The first kappa shape index (κ1) is 21.8. The van der Waals surface area contributed by atoms with Crippen LogP contribution in [0.2, 0.25) is 5.02 Å². The molecule has 28 heavy (non-hydrogen) atoms. The molecule has 0 aliphatic carbocycles. The normalized spacial score (nSPS) is 10.2. The van der Waals surface area contributed by atoms with Gasteiger partial charge in [-0.15, -0.1) is 11.8 Å².